The van der Waals surface area contributed by atoms with E-state index in [9.17, 15) is 0 Å². The van der Waals surface area contributed by atoms with E-state index in [1.54, 1.807) is 0 Å². The number of fused-ring (bicyclic) bond motifs is 3. The van der Waals surface area contributed by atoms with Crippen molar-refractivity contribution in [2.45, 2.75) is 183 Å². The molecular formula is C80H90N2. The first kappa shape index (κ1) is 56.7. The summed E-state index contributed by atoms with van der Waals surface area (Å²) in [7, 11) is 0. The van der Waals surface area contributed by atoms with Crippen molar-refractivity contribution in [3.63, 3.8) is 0 Å². The summed E-state index contributed by atoms with van der Waals surface area (Å²) in [4.78, 5) is 2.58. The van der Waals surface area contributed by atoms with E-state index in [1.807, 2.05) is 0 Å². The summed E-state index contributed by atoms with van der Waals surface area (Å²) in [5, 5.41) is 10.2. The molecule has 1 heterocycles. The molecule has 0 spiro atoms. The van der Waals surface area contributed by atoms with Crippen LogP contribution < -0.4 is 4.90 Å². The van der Waals surface area contributed by atoms with Crippen LogP contribution in [0, 0.1) is 0 Å². The lowest BCUT2D eigenvalue weighted by Gasteiger charge is -2.33. The molecule has 0 saturated carbocycles. The smallest absolute Gasteiger partial charge is 0.0541 e. The first-order valence-corrected chi connectivity index (χ1v) is 30.2. The zero-order chi connectivity index (χ0) is 59.2. The normalized spacial score (nSPS) is 13.4. The van der Waals surface area contributed by atoms with Gasteiger partial charge in [-0.05, 0) is 181 Å². The zero-order valence-electron chi connectivity index (χ0n) is 53.5. The van der Waals surface area contributed by atoms with E-state index >= 15 is 0 Å². The Hall–Kier alpha value is -7.16. The van der Waals surface area contributed by atoms with Crippen molar-refractivity contribution in [1.82, 2.24) is 4.57 Å². The average molecular weight is 1080 g/mol. The van der Waals surface area contributed by atoms with E-state index < -0.39 is 0 Å². The third kappa shape index (κ3) is 10.2. The molecule has 0 unspecified atom stereocenters. The zero-order valence-corrected chi connectivity index (χ0v) is 53.5. The summed E-state index contributed by atoms with van der Waals surface area (Å²) in [6, 6.07) is 64.7. The van der Waals surface area contributed by atoms with Crippen LogP contribution in [0.15, 0.2) is 164 Å². The maximum absolute atomic E-state index is 2.58. The molecule has 0 atom stereocenters. The van der Waals surface area contributed by atoms with Crippen LogP contribution in [0.2, 0.25) is 0 Å². The highest BCUT2D eigenvalue weighted by Gasteiger charge is 2.29. The third-order valence-corrected chi connectivity index (χ3v) is 17.8. The summed E-state index contributed by atoms with van der Waals surface area (Å²) in [5.74, 6) is 0. The van der Waals surface area contributed by atoms with E-state index in [1.165, 1.54) is 127 Å². The lowest BCUT2D eigenvalue weighted by atomic mass is 9.78. The molecule has 2 nitrogen and oxygen atoms in total. The van der Waals surface area contributed by atoms with Gasteiger partial charge in [0.05, 0.1) is 22.4 Å². The highest BCUT2D eigenvalue weighted by Crippen LogP contribution is 2.49. The molecule has 2 heteroatoms. The summed E-state index contributed by atoms with van der Waals surface area (Å²) >= 11 is 0. The Balaban J connectivity index is 1.16. The topological polar surface area (TPSA) is 8.17 Å². The van der Waals surface area contributed by atoms with Crippen LogP contribution in [-0.4, -0.2) is 4.57 Å². The first-order valence-electron chi connectivity index (χ1n) is 30.2. The Morgan fingerprint density at radius 1 is 0.280 bits per heavy atom. The summed E-state index contributed by atoms with van der Waals surface area (Å²) < 4.78 is 2.55. The average Bonchev–Trinajstić information content (AvgIpc) is 3.75. The fourth-order valence-electron chi connectivity index (χ4n) is 12.5. The predicted molar refractivity (Wildman–Crippen MR) is 361 cm³/mol. The second kappa shape index (κ2) is 19.2. The second-order valence-corrected chi connectivity index (χ2v) is 31.4. The lowest BCUT2D eigenvalue weighted by molar-refractivity contribution is 0.568. The van der Waals surface area contributed by atoms with E-state index in [-0.39, 0.29) is 37.9 Å². The van der Waals surface area contributed by atoms with Gasteiger partial charge >= 0.3 is 0 Å². The molecule has 11 aromatic rings. The van der Waals surface area contributed by atoms with Crippen LogP contribution in [0.4, 0.5) is 17.1 Å². The minimum absolute atomic E-state index is 0.0174. The molecular weight excluding hydrogens is 989 g/mol. The Bertz CT molecular complexity index is 4140. The maximum atomic E-state index is 2.58. The minimum atomic E-state index is -0.115. The highest BCUT2D eigenvalue weighted by atomic mass is 15.1. The van der Waals surface area contributed by atoms with Gasteiger partial charge in [-0.1, -0.05) is 249 Å². The number of nitrogens with zero attached hydrogens (tertiary/aromatic N) is 2. The van der Waals surface area contributed by atoms with Crippen molar-refractivity contribution in [1.29, 1.82) is 0 Å². The highest BCUT2D eigenvalue weighted by molar-refractivity contribution is 6.27. The number of hydrogen-bond donors (Lipinski definition) is 0. The van der Waals surface area contributed by atoms with Gasteiger partial charge in [0.2, 0.25) is 0 Å². The molecule has 0 radical (unpaired) electrons. The second-order valence-electron chi connectivity index (χ2n) is 31.4. The first-order chi connectivity index (χ1) is 38.1. The molecule has 0 saturated heterocycles. The van der Waals surface area contributed by atoms with E-state index in [2.05, 4.69) is 319 Å². The predicted octanol–water partition coefficient (Wildman–Crippen LogP) is 23.6. The summed E-state index contributed by atoms with van der Waals surface area (Å²) in [6.07, 6.45) is 0. The van der Waals surface area contributed by atoms with Gasteiger partial charge in [-0.3, -0.25) is 0 Å². The van der Waals surface area contributed by atoms with Crippen LogP contribution in [0.1, 0.15) is 184 Å². The van der Waals surface area contributed by atoms with Crippen molar-refractivity contribution in [2.24, 2.45) is 0 Å². The van der Waals surface area contributed by atoms with Gasteiger partial charge in [-0.15, -0.1) is 0 Å². The van der Waals surface area contributed by atoms with Crippen molar-refractivity contribution in [3.8, 4) is 27.9 Å². The van der Waals surface area contributed by atoms with Crippen LogP contribution in [0.5, 0.6) is 0 Å². The van der Waals surface area contributed by atoms with Crippen LogP contribution in [0.3, 0.4) is 0 Å². The Morgan fingerprint density at radius 3 is 1.18 bits per heavy atom. The monoisotopic (exact) mass is 1080 g/mol. The number of benzene rings is 10. The third-order valence-electron chi connectivity index (χ3n) is 17.8. The van der Waals surface area contributed by atoms with Crippen LogP contribution in [0.25, 0.3) is 82.1 Å². The van der Waals surface area contributed by atoms with Gasteiger partial charge in [0.1, 0.15) is 0 Å². The molecule has 0 N–H and O–H groups in total. The van der Waals surface area contributed by atoms with Crippen LogP contribution in [-0.2, 0) is 37.9 Å². The van der Waals surface area contributed by atoms with Gasteiger partial charge in [0, 0.05) is 32.9 Å². The van der Waals surface area contributed by atoms with Gasteiger partial charge in [-0.25, -0.2) is 0 Å². The number of aromatic nitrogens is 1. The fourth-order valence-corrected chi connectivity index (χ4v) is 12.5. The van der Waals surface area contributed by atoms with Gasteiger partial charge in [-0.2, -0.15) is 0 Å². The number of rotatable bonds is 6. The maximum Gasteiger partial charge on any atom is 0.0541 e. The molecule has 0 fully saturated rings. The van der Waals surface area contributed by atoms with Crippen molar-refractivity contribution >= 4 is 71.2 Å². The Kier molecular flexibility index (Phi) is 13.3. The lowest BCUT2D eigenvalue weighted by Crippen LogP contribution is -2.19. The summed E-state index contributed by atoms with van der Waals surface area (Å²) in [6.45, 7) is 49.1. The SMILES string of the molecule is CC(C)(C)c1cc(-c2ccc(-c3cc(N(c4cc(C(C)(C)C)cc(C(C)(C)C)c4)c4ccc5ccc6c(-n7c8ccc(C(C)(C)C)cc8c8cc(C(C)(C)C)ccc87)ccc7ccc4c5c76)ccc3C(C)(C)C)cc2)cc(C(C)(C)C)c1. The molecule has 82 heavy (non-hydrogen) atoms. The fraction of sp³-hybridized carbons (Fsp3) is 0.350. The van der Waals surface area contributed by atoms with Gasteiger partial charge in [0.15, 0.2) is 0 Å². The molecule has 11 rings (SSSR count). The van der Waals surface area contributed by atoms with Crippen molar-refractivity contribution < 1.29 is 0 Å². The molecule has 0 aliphatic heterocycles. The van der Waals surface area contributed by atoms with Gasteiger partial charge < -0.3 is 9.47 Å². The van der Waals surface area contributed by atoms with Crippen LogP contribution >= 0.6 is 0 Å². The minimum Gasteiger partial charge on any atom is -0.310 e. The van der Waals surface area contributed by atoms with E-state index in [0.717, 1.165) is 11.4 Å². The number of hydrogen-bond acceptors (Lipinski definition) is 1. The largest absolute Gasteiger partial charge is 0.310 e. The molecule has 1 aromatic heterocycles. The standard InChI is InChI=1S/C80H90N2/c1-74(2,3)54-30-38-70-65(46-54)66-47-55(75(4,5)6)31-39-71(66)82(70)69-37-29-52-26-33-62-68(36-28-51-27-34-63(69)73(52)72(51)62)81(61-44-58(78(13,14)15)43-59(45-61)79(16,17)18)60-32-35-67(80(19,20)21)64(48-60)50-24-22-49(23-25-50)53-40-56(76(7,8)9)42-57(41-53)77(10,11)12/h22-48H,1-21H3. The number of anilines is 3. The molecule has 10 aromatic carbocycles. The van der Waals surface area contributed by atoms with Crippen molar-refractivity contribution in [2.75, 3.05) is 4.90 Å². The molecule has 0 aliphatic rings. The van der Waals surface area contributed by atoms with E-state index in [0.29, 0.717) is 0 Å². The van der Waals surface area contributed by atoms with Gasteiger partial charge in [0.25, 0.3) is 0 Å². The molecule has 0 bridgehead atoms. The Labute approximate surface area is 492 Å². The van der Waals surface area contributed by atoms with Crippen molar-refractivity contribution in [3.05, 3.63) is 203 Å². The molecule has 0 amide bonds. The van der Waals surface area contributed by atoms with E-state index in [4.69, 9.17) is 0 Å². The Morgan fingerprint density at radius 2 is 0.707 bits per heavy atom. The molecule has 0 aliphatic carbocycles. The molecule has 420 valence electrons. The quantitative estimate of drug-likeness (QED) is 0.151. The summed E-state index contributed by atoms with van der Waals surface area (Å²) in [5.41, 5.74) is 21.3.